The number of aromatic hydroxyl groups is 1. The predicted octanol–water partition coefficient (Wildman–Crippen LogP) is 2.56. The third-order valence-electron chi connectivity index (χ3n) is 5.73. The first-order valence-corrected chi connectivity index (χ1v) is 9.77. The van der Waals surface area contributed by atoms with Crippen LogP contribution in [0, 0.1) is 6.92 Å². The smallest absolute Gasteiger partial charge is 0.252 e. The second-order valence-corrected chi connectivity index (χ2v) is 7.57. The average molecular weight is 412 g/mol. The molecule has 1 aromatic carbocycles. The fraction of sp³-hybridized carbons (Fsp3) is 0.364. The molecule has 1 amide bonds. The van der Waals surface area contributed by atoms with Crippen LogP contribution in [0.3, 0.4) is 0 Å². The molecule has 0 bridgehead atoms. The number of carbonyl (C=O) groups excluding carboxylic acids is 1. The van der Waals surface area contributed by atoms with E-state index in [0.717, 1.165) is 5.56 Å². The van der Waals surface area contributed by atoms with E-state index in [1.54, 1.807) is 25.1 Å². The van der Waals surface area contributed by atoms with Crippen LogP contribution in [0.4, 0.5) is 0 Å². The number of rotatable bonds is 6. The molecule has 30 heavy (non-hydrogen) atoms. The molecule has 1 aliphatic rings. The summed E-state index contributed by atoms with van der Waals surface area (Å²) in [7, 11) is 0. The minimum atomic E-state index is -0.652. The third kappa shape index (κ3) is 3.48. The molecule has 1 fully saturated rings. The standard InChI is InChI=1S/C22H24N2O6/c1-13-18(21(23)27)19-15(30-13)3-4-16(29-11-14-2-5-17(26)24-10-14)20(19)22(12-25)6-8-28-9-7-22/h2-5,10,25H,6-9,11-12H2,1H3,(H2,23,27)(H,24,26). The topological polar surface area (TPSA) is 128 Å². The summed E-state index contributed by atoms with van der Waals surface area (Å²) in [6, 6.07) is 6.73. The summed E-state index contributed by atoms with van der Waals surface area (Å²) in [5.41, 5.74) is 7.33. The molecule has 0 unspecified atom stereocenters. The van der Waals surface area contributed by atoms with Crippen LogP contribution in [0.1, 0.15) is 40.1 Å². The zero-order chi connectivity index (χ0) is 21.3. The number of ether oxygens (including phenoxy) is 2. The number of furan rings is 1. The summed E-state index contributed by atoms with van der Waals surface area (Å²) in [5.74, 6) is 0.309. The minimum Gasteiger partial charge on any atom is -0.493 e. The lowest BCUT2D eigenvalue weighted by Crippen LogP contribution is -2.38. The molecule has 0 atom stereocenters. The lowest BCUT2D eigenvalue weighted by molar-refractivity contribution is 0.0246. The van der Waals surface area contributed by atoms with Gasteiger partial charge in [0.2, 0.25) is 5.88 Å². The summed E-state index contributed by atoms with van der Waals surface area (Å²) < 4.78 is 17.5. The Kier molecular flexibility index (Phi) is 5.36. The maximum atomic E-state index is 12.2. The van der Waals surface area contributed by atoms with Crippen molar-refractivity contribution in [3.05, 3.63) is 52.9 Å². The zero-order valence-corrected chi connectivity index (χ0v) is 16.7. The Morgan fingerprint density at radius 2 is 2.03 bits per heavy atom. The molecule has 2 aromatic heterocycles. The molecule has 8 nitrogen and oxygen atoms in total. The largest absolute Gasteiger partial charge is 0.493 e. The van der Waals surface area contributed by atoms with Crippen LogP contribution < -0.4 is 10.5 Å². The molecule has 1 saturated heterocycles. The van der Waals surface area contributed by atoms with Crippen LogP contribution in [-0.4, -0.2) is 40.9 Å². The van der Waals surface area contributed by atoms with Gasteiger partial charge in [-0.1, -0.05) is 0 Å². The van der Waals surface area contributed by atoms with Crippen molar-refractivity contribution in [2.45, 2.75) is 31.8 Å². The number of nitrogens with two attached hydrogens (primary N) is 1. The number of benzene rings is 1. The summed E-state index contributed by atoms with van der Waals surface area (Å²) in [6.07, 6.45) is 2.67. The molecular weight excluding hydrogens is 388 g/mol. The minimum absolute atomic E-state index is 0.0673. The van der Waals surface area contributed by atoms with Crippen LogP contribution >= 0.6 is 0 Å². The molecule has 4 rings (SSSR count). The molecule has 158 valence electrons. The molecule has 3 aromatic rings. The highest BCUT2D eigenvalue weighted by molar-refractivity contribution is 6.08. The van der Waals surface area contributed by atoms with Gasteiger partial charge < -0.3 is 29.8 Å². The normalized spacial score (nSPS) is 15.9. The monoisotopic (exact) mass is 412 g/mol. The zero-order valence-electron chi connectivity index (χ0n) is 16.7. The number of pyridine rings is 1. The number of carbonyl (C=O) groups is 1. The fourth-order valence-electron chi connectivity index (χ4n) is 4.15. The Labute approximate surface area is 173 Å². The fourth-order valence-corrected chi connectivity index (χ4v) is 4.15. The highest BCUT2D eigenvalue weighted by atomic mass is 16.5. The quantitative estimate of drug-likeness (QED) is 0.567. The van der Waals surface area contributed by atoms with Crippen LogP contribution in [0.15, 0.2) is 34.9 Å². The number of hydrogen-bond donors (Lipinski definition) is 3. The number of amides is 1. The first-order chi connectivity index (χ1) is 14.4. The molecule has 0 aliphatic carbocycles. The van der Waals surface area contributed by atoms with E-state index in [1.807, 2.05) is 0 Å². The van der Waals surface area contributed by atoms with Crippen LogP contribution in [0.5, 0.6) is 11.6 Å². The van der Waals surface area contributed by atoms with E-state index in [0.29, 0.717) is 59.7 Å². The number of hydrogen-bond acceptors (Lipinski definition) is 7. The van der Waals surface area contributed by atoms with Gasteiger partial charge in [-0.05, 0) is 38.0 Å². The average Bonchev–Trinajstić information content (AvgIpc) is 3.09. The van der Waals surface area contributed by atoms with E-state index in [-0.39, 0.29) is 19.1 Å². The van der Waals surface area contributed by atoms with Crippen molar-refractivity contribution in [3.8, 4) is 11.6 Å². The molecule has 0 radical (unpaired) electrons. The van der Waals surface area contributed by atoms with Crippen molar-refractivity contribution in [3.63, 3.8) is 0 Å². The van der Waals surface area contributed by atoms with Gasteiger partial charge in [0.1, 0.15) is 23.7 Å². The number of aliphatic hydroxyl groups excluding tert-OH is 1. The summed E-state index contributed by atoms with van der Waals surface area (Å²) in [4.78, 5) is 16.1. The number of fused-ring (bicyclic) bond motifs is 1. The van der Waals surface area contributed by atoms with E-state index < -0.39 is 11.3 Å². The number of aryl methyl sites for hydroxylation is 1. The Morgan fingerprint density at radius 1 is 1.27 bits per heavy atom. The lowest BCUT2D eigenvalue weighted by Gasteiger charge is -2.37. The summed E-state index contributed by atoms with van der Waals surface area (Å²) in [6.45, 7) is 2.74. The van der Waals surface area contributed by atoms with Crippen molar-refractivity contribution in [1.29, 1.82) is 0 Å². The Balaban J connectivity index is 1.87. The summed E-state index contributed by atoms with van der Waals surface area (Å²) >= 11 is 0. The number of aromatic nitrogens is 1. The van der Waals surface area contributed by atoms with Crippen molar-refractivity contribution in [2.24, 2.45) is 5.73 Å². The van der Waals surface area contributed by atoms with Gasteiger partial charge >= 0.3 is 0 Å². The van der Waals surface area contributed by atoms with Gasteiger partial charge in [-0.2, -0.15) is 0 Å². The van der Waals surface area contributed by atoms with Gasteiger partial charge in [-0.25, -0.2) is 4.98 Å². The molecule has 8 heteroatoms. The molecule has 0 spiro atoms. The van der Waals surface area contributed by atoms with Crippen molar-refractivity contribution in [2.75, 3.05) is 19.8 Å². The van der Waals surface area contributed by atoms with E-state index in [2.05, 4.69) is 4.98 Å². The van der Waals surface area contributed by atoms with Crippen LogP contribution in [-0.2, 0) is 16.8 Å². The molecule has 4 N–H and O–H groups in total. The van der Waals surface area contributed by atoms with Gasteiger partial charge in [-0.15, -0.1) is 0 Å². The molecule has 1 aliphatic heterocycles. The van der Waals surface area contributed by atoms with Gasteiger partial charge in [0, 0.05) is 47.4 Å². The maximum Gasteiger partial charge on any atom is 0.252 e. The lowest BCUT2D eigenvalue weighted by atomic mass is 9.72. The second kappa shape index (κ2) is 7.97. The second-order valence-electron chi connectivity index (χ2n) is 7.57. The molecule has 3 heterocycles. The summed E-state index contributed by atoms with van der Waals surface area (Å²) in [5, 5.41) is 20.4. The number of primary amides is 1. The van der Waals surface area contributed by atoms with Crippen molar-refractivity contribution < 1.29 is 28.9 Å². The third-order valence-corrected chi connectivity index (χ3v) is 5.73. The van der Waals surface area contributed by atoms with Crippen LogP contribution in [0.2, 0.25) is 0 Å². The van der Waals surface area contributed by atoms with Gasteiger partial charge in [0.15, 0.2) is 0 Å². The van der Waals surface area contributed by atoms with Gasteiger partial charge in [-0.3, -0.25) is 4.79 Å². The molecular formula is C22H24N2O6. The predicted molar refractivity (Wildman–Crippen MR) is 109 cm³/mol. The first kappa shape index (κ1) is 20.2. The van der Waals surface area contributed by atoms with Crippen molar-refractivity contribution in [1.82, 2.24) is 4.98 Å². The Morgan fingerprint density at radius 3 is 2.67 bits per heavy atom. The first-order valence-electron chi connectivity index (χ1n) is 9.77. The SMILES string of the molecule is Cc1oc2ccc(OCc3ccc(O)nc3)c(C3(CO)CCOCC3)c2c1C(N)=O. The number of nitrogens with zero attached hydrogens (tertiary/aromatic N) is 1. The van der Waals surface area contributed by atoms with E-state index in [4.69, 9.17) is 19.6 Å². The van der Waals surface area contributed by atoms with E-state index in [9.17, 15) is 15.0 Å². The van der Waals surface area contributed by atoms with Crippen molar-refractivity contribution >= 4 is 16.9 Å². The molecule has 0 saturated carbocycles. The van der Waals surface area contributed by atoms with Gasteiger partial charge in [0.25, 0.3) is 5.91 Å². The highest BCUT2D eigenvalue weighted by Gasteiger charge is 2.40. The maximum absolute atomic E-state index is 12.2. The Hall–Kier alpha value is -3.10. The Bertz CT molecular complexity index is 1070. The van der Waals surface area contributed by atoms with E-state index >= 15 is 0 Å². The van der Waals surface area contributed by atoms with E-state index in [1.165, 1.54) is 12.3 Å². The number of aliphatic hydroxyl groups is 1. The highest BCUT2D eigenvalue weighted by Crippen LogP contribution is 2.46. The van der Waals surface area contributed by atoms with Crippen LogP contribution in [0.25, 0.3) is 11.0 Å². The van der Waals surface area contributed by atoms with Gasteiger partial charge in [0.05, 0.1) is 12.2 Å².